The van der Waals surface area contributed by atoms with E-state index >= 15 is 0 Å². The van der Waals surface area contributed by atoms with Gasteiger partial charge in [0, 0.05) is 31.5 Å². The lowest BCUT2D eigenvalue weighted by molar-refractivity contribution is -0.136. The molecule has 2 fully saturated rings. The number of aryl methyl sites for hydroxylation is 2. The van der Waals surface area contributed by atoms with Crippen LogP contribution in [0.4, 0.5) is 0 Å². The first kappa shape index (κ1) is 13.6. The van der Waals surface area contributed by atoms with Crippen LogP contribution in [-0.4, -0.2) is 40.3 Å². The number of carbonyl (C=O) groups is 1. The van der Waals surface area contributed by atoms with E-state index in [0.717, 1.165) is 38.1 Å². The summed E-state index contributed by atoms with van der Waals surface area (Å²) in [6, 6.07) is 0.205. The first-order chi connectivity index (χ1) is 9.59. The molecule has 0 N–H and O–H groups in total. The van der Waals surface area contributed by atoms with Crippen molar-refractivity contribution in [3.63, 3.8) is 0 Å². The molecule has 0 unspecified atom stereocenters. The van der Waals surface area contributed by atoms with Crippen molar-refractivity contribution in [1.29, 1.82) is 0 Å². The lowest BCUT2D eigenvalue weighted by atomic mass is 10.0. The van der Waals surface area contributed by atoms with E-state index in [-0.39, 0.29) is 17.9 Å². The molecule has 110 valence electrons. The molecule has 0 aromatic carbocycles. The van der Waals surface area contributed by atoms with E-state index in [4.69, 9.17) is 4.74 Å². The Morgan fingerprint density at radius 2 is 2.15 bits per heavy atom. The molecule has 0 radical (unpaired) electrons. The van der Waals surface area contributed by atoms with E-state index in [2.05, 4.69) is 16.9 Å². The van der Waals surface area contributed by atoms with Crippen LogP contribution in [0.25, 0.3) is 0 Å². The summed E-state index contributed by atoms with van der Waals surface area (Å²) in [5.41, 5.74) is 3.48. The molecule has 1 aromatic heterocycles. The maximum absolute atomic E-state index is 12.7. The zero-order valence-corrected chi connectivity index (χ0v) is 12.6. The van der Waals surface area contributed by atoms with Crippen LogP contribution in [0.5, 0.6) is 0 Å². The van der Waals surface area contributed by atoms with Crippen LogP contribution in [0.15, 0.2) is 0 Å². The third-order valence-corrected chi connectivity index (χ3v) is 4.71. The van der Waals surface area contributed by atoms with Gasteiger partial charge in [0.05, 0.1) is 24.3 Å². The highest BCUT2D eigenvalue weighted by molar-refractivity contribution is 5.80. The average Bonchev–Trinajstić information content (AvgIpc) is 3.12. The van der Waals surface area contributed by atoms with Gasteiger partial charge in [-0.1, -0.05) is 0 Å². The molecule has 20 heavy (non-hydrogen) atoms. The highest BCUT2D eigenvalue weighted by Crippen LogP contribution is 2.36. The summed E-state index contributed by atoms with van der Waals surface area (Å²) >= 11 is 0. The summed E-state index contributed by atoms with van der Waals surface area (Å²) in [6.45, 7) is 6.32. The zero-order chi connectivity index (χ0) is 14.3. The molecule has 3 rings (SSSR count). The van der Waals surface area contributed by atoms with Gasteiger partial charge in [-0.2, -0.15) is 5.10 Å². The second-order valence-electron chi connectivity index (χ2n) is 5.96. The number of likely N-dealkylation sites (tertiary alicyclic amines) is 1. The highest BCUT2D eigenvalue weighted by atomic mass is 16.5. The minimum absolute atomic E-state index is 0.0629. The maximum Gasteiger partial charge on any atom is 0.228 e. The molecule has 2 saturated heterocycles. The Morgan fingerprint density at radius 1 is 1.35 bits per heavy atom. The number of ether oxygens (including phenoxy) is 1. The molecule has 0 bridgehead atoms. The van der Waals surface area contributed by atoms with Gasteiger partial charge in [-0.05, 0) is 33.1 Å². The Bertz CT molecular complexity index is 517. The predicted octanol–water partition coefficient (Wildman–Crippen LogP) is 1.74. The molecule has 0 spiro atoms. The number of hydrogen-bond donors (Lipinski definition) is 0. The van der Waals surface area contributed by atoms with Crippen molar-refractivity contribution in [2.45, 2.75) is 39.2 Å². The smallest absolute Gasteiger partial charge is 0.228 e. The molecular formula is C15H23N3O2. The van der Waals surface area contributed by atoms with Crippen molar-refractivity contribution >= 4 is 5.91 Å². The molecule has 1 aromatic rings. The lowest BCUT2D eigenvalue weighted by Crippen LogP contribution is -2.36. The fourth-order valence-corrected chi connectivity index (χ4v) is 3.57. The number of carbonyl (C=O) groups excluding carboxylic acids is 1. The molecule has 2 aliphatic heterocycles. The molecule has 5 nitrogen and oxygen atoms in total. The number of nitrogens with zero attached hydrogens (tertiary/aromatic N) is 3. The van der Waals surface area contributed by atoms with E-state index < -0.39 is 0 Å². The first-order valence-electron chi connectivity index (χ1n) is 7.48. The van der Waals surface area contributed by atoms with Gasteiger partial charge in [-0.3, -0.25) is 9.48 Å². The van der Waals surface area contributed by atoms with Crippen molar-refractivity contribution in [1.82, 2.24) is 14.7 Å². The molecule has 3 heterocycles. The topological polar surface area (TPSA) is 47.4 Å². The van der Waals surface area contributed by atoms with E-state index in [1.54, 1.807) is 0 Å². The van der Waals surface area contributed by atoms with Crippen LogP contribution < -0.4 is 0 Å². The number of amides is 1. The summed E-state index contributed by atoms with van der Waals surface area (Å²) < 4.78 is 7.29. The largest absolute Gasteiger partial charge is 0.381 e. The Balaban J connectivity index is 1.86. The fraction of sp³-hybridized carbons (Fsp3) is 0.733. The quantitative estimate of drug-likeness (QED) is 0.827. The third-order valence-electron chi connectivity index (χ3n) is 4.71. The lowest BCUT2D eigenvalue weighted by Gasteiger charge is -2.27. The van der Waals surface area contributed by atoms with Crippen LogP contribution in [0, 0.1) is 19.8 Å². The van der Waals surface area contributed by atoms with Gasteiger partial charge in [-0.25, -0.2) is 0 Å². The number of hydrogen-bond acceptors (Lipinski definition) is 3. The minimum atomic E-state index is 0.0629. The number of aromatic nitrogens is 2. The van der Waals surface area contributed by atoms with Crippen molar-refractivity contribution in [3.05, 3.63) is 17.0 Å². The zero-order valence-electron chi connectivity index (χ0n) is 12.6. The third kappa shape index (κ3) is 2.14. The second kappa shape index (κ2) is 5.20. The summed E-state index contributed by atoms with van der Waals surface area (Å²) in [6.07, 6.45) is 3.00. The molecular weight excluding hydrogens is 254 g/mol. The molecule has 0 aliphatic carbocycles. The van der Waals surface area contributed by atoms with Crippen LogP contribution in [-0.2, 0) is 16.6 Å². The summed E-state index contributed by atoms with van der Waals surface area (Å²) in [5, 5.41) is 4.50. The first-order valence-corrected chi connectivity index (χ1v) is 7.48. The summed E-state index contributed by atoms with van der Waals surface area (Å²) in [5.74, 6) is 0.334. The molecule has 5 heteroatoms. The Hall–Kier alpha value is -1.36. The van der Waals surface area contributed by atoms with Crippen molar-refractivity contribution in [2.75, 3.05) is 19.8 Å². The van der Waals surface area contributed by atoms with Crippen LogP contribution in [0.2, 0.25) is 0 Å². The van der Waals surface area contributed by atoms with Crippen molar-refractivity contribution < 1.29 is 9.53 Å². The summed E-state index contributed by atoms with van der Waals surface area (Å²) in [4.78, 5) is 14.7. The Kier molecular flexibility index (Phi) is 3.54. The fourth-order valence-electron chi connectivity index (χ4n) is 3.57. The van der Waals surface area contributed by atoms with Crippen LogP contribution in [0.3, 0.4) is 0 Å². The van der Waals surface area contributed by atoms with Crippen LogP contribution in [0.1, 0.15) is 42.3 Å². The predicted molar refractivity (Wildman–Crippen MR) is 75.3 cm³/mol. The van der Waals surface area contributed by atoms with E-state index in [0.29, 0.717) is 6.61 Å². The van der Waals surface area contributed by atoms with Gasteiger partial charge in [0.1, 0.15) is 0 Å². The van der Waals surface area contributed by atoms with Gasteiger partial charge in [0.15, 0.2) is 0 Å². The highest BCUT2D eigenvalue weighted by Gasteiger charge is 2.37. The summed E-state index contributed by atoms with van der Waals surface area (Å²) in [7, 11) is 1.97. The molecule has 1 amide bonds. The molecule has 2 atom stereocenters. The second-order valence-corrected chi connectivity index (χ2v) is 5.96. The number of rotatable bonds is 2. The average molecular weight is 277 g/mol. The monoisotopic (exact) mass is 277 g/mol. The van der Waals surface area contributed by atoms with Crippen molar-refractivity contribution in [2.24, 2.45) is 13.0 Å². The molecule has 2 aliphatic rings. The van der Waals surface area contributed by atoms with E-state index in [1.165, 1.54) is 11.3 Å². The SMILES string of the molecule is Cc1nn(C)c(C)c1[C@@H]1CCCN1C(=O)[C@H]1CCOC1. The van der Waals surface area contributed by atoms with Gasteiger partial charge in [-0.15, -0.1) is 0 Å². The van der Waals surface area contributed by atoms with Crippen LogP contribution >= 0.6 is 0 Å². The van der Waals surface area contributed by atoms with E-state index in [1.807, 2.05) is 18.7 Å². The standard InChI is InChI=1S/C15H23N3O2/c1-10-14(11(2)17(3)16-10)13-5-4-7-18(13)15(19)12-6-8-20-9-12/h12-13H,4-9H2,1-3H3/t12-,13-/m0/s1. The molecule has 0 saturated carbocycles. The van der Waals surface area contributed by atoms with Gasteiger partial charge < -0.3 is 9.64 Å². The van der Waals surface area contributed by atoms with E-state index in [9.17, 15) is 4.79 Å². The Labute approximate surface area is 119 Å². The Morgan fingerprint density at radius 3 is 2.75 bits per heavy atom. The van der Waals surface area contributed by atoms with Gasteiger partial charge in [0.25, 0.3) is 0 Å². The van der Waals surface area contributed by atoms with Crippen molar-refractivity contribution in [3.8, 4) is 0 Å². The van der Waals surface area contributed by atoms with Gasteiger partial charge in [0.2, 0.25) is 5.91 Å². The normalized spacial score (nSPS) is 26.4. The maximum atomic E-state index is 12.7. The minimum Gasteiger partial charge on any atom is -0.381 e. The van der Waals surface area contributed by atoms with Gasteiger partial charge >= 0.3 is 0 Å².